The number of aromatic nitrogens is 1. The third-order valence-corrected chi connectivity index (χ3v) is 5.59. The van der Waals surface area contributed by atoms with E-state index >= 15 is 0 Å². The lowest BCUT2D eigenvalue weighted by Gasteiger charge is -2.37. The molecule has 1 aliphatic heterocycles. The van der Waals surface area contributed by atoms with Gasteiger partial charge in [-0.05, 0) is 49.0 Å². The van der Waals surface area contributed by atoms with Crippen molar-refractivity contribution in [3.63, 3.8) is 0 Å². The van der Waals surface area contributed by atoms with Gasteiger partial charge in [-0.2, -0.15) is 0 Å². The number of nitrogens with zero attached hydrogens (tertiary/aromatic N) is 3. The zero-order chi connectivity index (χ0) is 18.6. The van der Waals surface area contributed by atoms with Crippen LogP contribution in [-0.4, -0.2) is 46.9 Å². The monoisotopic (exact) mass is 359 g/mol. The maximum Gasteiger partial charge on any atom is 0.253 e. The summed E-state index contributed by atoms with van der Waals surface area (Å²) in [5.74, 6) is 0.151. The molecule has 1 aromatic heterocycles. The Morgan fingerprint density at radius 1 is 1.07 bits per heavy atom. The molecular formula is C23H25N3O. The second-order valence-corrected chi connectivity index (χ2v) is 7.32. The van der Waals surface area contributed by atoms with E-state index in [9.17, 15) is 4.79 Å². The number of hydrogen-bond donors (Lipinski definition) is 0. The van der Waals surface area contributed by atoms with Gasteiger partial charge in [-0.1, -0.05) is 36.4 Å². The van der Waals surface area contributed by atoms with Crippen LogP contribution in [0.3, 0.4) is 0 Å². The van der Waals surface area contributed by atoms with Crippen molar-refractivity contribution < 1.29 is 4.79 Å². The van der Waals surface area contributed by atoms with Crippen LogP contribution in [-0.2, 0) is 6.54 Å². The largest absolute Gasteiger partial charge is 0.339 e. The minimum absolute atomic E-state index is 0.151. The average Bonchev–Trinajstić information content (AvgIpc) is 2.74. The summed E-state index contributed by atoms with van der Waals surface area (Å²) in [5.41, 5.74) is 2.12. The maximum absolute atomic E-state index is 12.6. The van der Waals surface area contributed by atoms with Gasteiger partial charge in [0, 0.05) is 49.0 Å². The van der Waals surface area contributed by atoms with Crippen molar-refractivity contribution in [3.05, 3.63) is 78.1 Å². The number of hydrogen-bond acceptors (Lipinski definition) is 3. The summed E-state index contributed by atoms with van der Waals surface area (Å²) >= 11 is 0. The highest BCUT2D eigenvalue weighted by Crippen LogP contribution is 2.23. The van der Waals surface area contributed by atoms with Gasteiger partial charge in [0.25, 0.3) is 5.91 Å². The highest BCUT2D eigenvalue weighted by molar-refractivity contribution is 5.94. The van der Waals surface area contributed by atoms with Crippen LogP contribution in [0.2, 0.25) is 0 Å². The predicted molar refractivity (Wildman–Crippen MR) is 109 cm³/mol. The maximum atomic E-state index is 12.6. The van der Waals surface area contributed by atoms with Crippen molar-refractivity contribution in [2.75, 3.05) is 20.1 Å². The number of amides is 1. The van der Waals surface area contributed by atoms with E-state index < -0.39 is 0 Å². The second kappa shape index (κ2) is 7.89. The smallest absolute Gasteiger partial charge is 0.253 e. The van der Waals surface area contributed by atoms with Crippen molar-refractivity contribution in [2.24, 2.45) is 0 Å². The van der Waals surface area contributed by atoms with Crippen molar-refractivity contribution >= 4 is 16.7 Å². The van der Waals surface area contributed by atoms with Gasteiger partial charge in [0.1, 0.15) is 0 Å². The van der Waals surface area contributed by atoms with Crippen LogP contribution in [0.5, 0.6) is 0 Å². The van der Waals surface area contributed by atoms with Gasteiger partial charge in [-0.25, -0.2) is 0 Å². The molecule has 2 heterocycles. The van der Waals surface area contributed by atoms with Crippen LogP contribution in [0.15, 0.2) is 67.0 Å². The molecule has 0 spiro atoms. The highest BCUT2D eigenvalue weighted by atomic mass is 16.2. The van der Waals surface area contributed by atoms with E-state index in [1.807, 2.05) is 47.6 Å². The van der Waals surface area contributed by atoms with E-state index in [-0.39, 0.29) is 5.91 Å². The first-order valence-corrected chi connectivity index (χ1v) is 9.58. The quantitative estimate of drug-likeness (QED) is 0.707. The van der Waals surface area contributed by atoms with Crippen LogP contribution >= 0.6 is 0 Å². The van der Waals surface area contributed by atoms with Gasteiger partial charge >= 0.3 is 0 Å². The van der Waals surface area contributed by atoms with Crippen LogP contribution in [0, 0.1) is 0 Å². The zero-order valence-electron chi connectivity index (χ0n) is 15.7. The third kappa shape index (κ3) is 3.86. The lowest BCUT2D eigenvalue weighted by atomic mass is 10.0. The zero-order valence-corrected chi connectivity index (χ0v) is 15.7. The first-order chi connectivity index (χ1) is 13.2. The normalized spacial score (nSPS) is 15.4. The molecule has 1 aliphatic rings. The van der Waals surface area contributed by atoms with Crippen LogP contribution < -0.4 is 0 Å². The second-order valence-electron chi connectivity index (χ2n) is 7.32. The van der Waals surface area contributed by atoms with Gasteiger partial charge < -0.3 is 4.90 Å². The van der Waals surface area contributed by atoms with E-state index in [4.69, 9.17) is 0 Å². The van der Waals surface area contributed by atoms with Gasteiger partial charge in [-0.3, -0.25) is 14.7 Å². The lowest BCUT2D eigenvalue weighted by molar-refractivity contribution is 0.0640. The van der Waals surface area contributed by atoms with Gasteiger partial charge in [-0.15, -0.1) is 0 Å². The van der Waals surface area contributed by atoms with E-state index in [0.717, 1.165) is 38.0 Å². The third-order valence-electron chi connectivity index (χ3n) is 5.59. The van der Waals surface area contributed by atoms with E-state index in [1.165, 1.54) is 16.3 Å². The molecule has 0 radical (unpaired) electrons. The minimum atomic E-state index is 0.151. The number of likely N-dealkylation sites (tertiary alicyclic amines) is 1. The fourth-order valence-corrected chi connectivity index (χ4v) is 4.00. The molecule has 0 bridgehead atoms. The number of carbonyl (C=O) groups excluding carboxylic acids is 1. The van der Waals surface area contributed by atoms with Gasteiger partial charge in [0.15, 0.2) is 0 Å². The Morgan fingerprint density at radius 3 is 2.63 bits per heavy atom. The molecule has 1 saturated heterocycles. The average molecular weight is 359 g/mol. The molecule has 3 aromatic rings. The summed E-state index contributed by atoms with van der Waals surface area (Å²) in [7, 11) is 2.19. The van der Waals surface area contributed by atoms with Crippen LogP contribution in [0.4, 0.5) is 0 Å². The Kier molecular flexibility index (Phi) is 5.16. The summed E-state index contributed by atoms with van der Waals surface area (Å²) < 4.78 is 0. The topological polar surface area (TPSA) is 36.4 Å². The number of carbonyl (C=O) groups is 1. The lowest BCUT2D eigenvalue weighted by Crippen LogP contribution is -2.45. The number of piperidine rings is 1. The Bertz CT molecular complexity index is 912. The molecule has 0 saturated carbocycles. The molecule has 4 rings (SSSR count). The highest BCUT2D eigenvalue weighted by Gasteiger charge is 2.26. The molecule has 4 nitrogen and oxygen atoms in total. The summed E-state index contributed by atoms with van der Waals surface area (Å²) in [6.07, 6.45) is 5.81. The van der Waals surface area contributed by atoms with E-state index in [0.29, 0.717) is 6.04 Å². The molecule has 0 aliphatic carbocycles. The van der Waals surface area contributed by atoms with E-state index in [2.05, 4.69) is 41.2 Å². The van der Waals surface area contributed by atoms with E-state index in [1.54, 1.807) is 0 Å². The van der Waals surface area contributed by atoms with Gasteiger partial charge in [0.05, 0.1) is 0 Å². The first-order valence-electron chi connectivity index (χ1n) is 9.58. The standard InChI is InChI=1S/C23H25N3O/c1-25(17-20-9-5-8-19-16-24-13-10-22(19)20)21-11-14-26(15-12-21)23(27)18-6-3-2-4-7-18/h2-10,13,16,21H,11-12,14-15,17H2,1H3. The molecule has 138 valence electrons. The van der Waals surface area contributed by atoms with Crippen molar-refractivity contribution in [2.45, 2.75) is 25.4 Å². The Hall–Kier alpha value is -2.72. The fourth-order valence-electron chi connectivity index (χ4n) is 4.00. The van der Waals surface area contributed by atoms with Crippen LogP contribution in [0.1, 0.15) is 28.8 Å². The van der Waals surface area contributed by atoms with Gasteiger partial charge in [0.2, 0.25) is 0 Å². The molecule has 2 aromatic carbocycles. The fraction of sp³-hybridized carbons (Fsp3) is 0.304. The molecule has 1 amide bonds. The summed E-state index contributed by atoms with van der Waals surface area (Å²) in [6.45, 7) is 2.56. The molecule has 4 heteroatoms. The number of fused-ring (bicyclic) bond motifs is 1. The van der Waals surface area contributed by atoms with Crippen molar-refractivity contribution in [3.8, 4) is 0 Å². The number of rotatable bonds is 4. The minimum Gasteiger partial charge on any atom is -0.339 e. The SMILES string of the molecule is CN(Cc1cccc2cnccc12)C1CCN(C(=O)c2ccccc2)CC1. The molecule has 27 heavy (non-hydrogen) atoms. The van der Waals surface area contributed by atoms with Crippen molar-refractivity contribution in [1.82, 2.24) is 14.8 Å². The molecular weight excluding hydrogens is 334 g/mol. The predicted octanol–water partition coefficient (Wildman–Crippen LogP) is 3.97. The van der Waals surface area contributed by atoms with Crippen molar-refractivity contribution in [1.29, 1.82) is 0 Å². The Morgan fingerprint density at radius 2 is 1.85 bits per heavy atom. The molecule has 1 fully saturated rings. The Labute approximate surface area is 160 Å². The first kappa shape index (κ1) is 17.7. The number of benzene rings is 2. The molecule has 0 N–H and O–H groups in total. The molecule has 0 unspecified atom stereocenters. The Balaban J connectivity index is 1.39. The summed E-state index contributed by atoms with van der Waals surface area (Å²) in [4.78, 5) is 21.3. The molecule has 0 atom stereocenters. The summed E-state index contributed by atoms with van der Waals surface area (Å²) in [5, 5.41) is 2.46. The number of pyridine rings is 1. The summed E-state index contributed by atoms with van der Waals surface area (Å²) in [6, 6.07) is 18.6. The van der Waals surface area contributed by atoms with Crippen LogP contribution in [0.25, 0.3) is 10.8 Å².